The van der Waals surface area contributed by atoms with Gasteiger partial charge >= 0.3 is 0 Å². The number of hydrogen-bond donors (Lipinski definition) is 2. The highest BCUT2D eigenvalue weighted by molar-refractivity contribution is 7.09. The molecule has 0 radical (unpaired) electrons. The van der Waals surface area contributed by atoms with Crippen LogP contribution in [0, 0.1) is 6.92 Å². The predicted molar refractivity (Wildman–Crippen MR) is 72.7 cm³/mol. The molecule has 0 aliphatic carbocycles. The molecule has 0 saturated carbocycles. The molecule has 1 aromatic carbocycles. The molecule has 0 aliphatic heterocycles. The number of amides is 1. The van der Waals surface area contributed by atoms with Crippen LogP contribution in [0.4, 0.5) is 0 Å². The fraction of sp³-hybridized carbons (Fsp3) is 0.231. The molecule has 0 fully saturated rings. The maximum absolute atomic E-state index is 12.0. The van der Waals surface area contributed by atoms with Crippen molar-refractivity contribution in [1.82, 2.24) is 10.3 Å². The average molecular weight is 278 g/mol. The Labute approximate surface area is 114 Å². The first-order chi connectivity index (χ1) is 9.11. The predicted octanol–water partition coefficient (Wildman–Crippen LogP) is 2.10. The molecular formula is C13H14N2O3S. The summed E-state index contributed by atoms with van der Waals surface area (Å²) in [4.78, 5) is 16.2. The van der Waals surface area contributed by atoms with Gasteiger partial charge in [0, 0.05) is 11.1 Å². The molecule has 0 aliphatic rings. The van der Waals surface area contributed by atoms with Crippen LogP contribution in [-0.2, 0) is 6.54 Å². The first kappa shape index (κ1) is 13.4. The van der Waals surface area contributed by atoms with E-state index in [1.165, 1.54) is 18.4 Å². The molecule has 1 amide bonds. The molecule has 100 valence electrons. The number of carbonyl (C=O) groups is 1. The van der Waals surface area contributed by atoms with Crippen molar-refractivity contribution in [1.29, 1.82) is 0 Å². The minimum absolute atomic E-state index is 0.155. The zero-order chi connectivity index (χ0) is 13.8. The molecule has 0 saturated heterocycles. The summed E-state index contributed by atoms with van der Waals surface area (Å²) in [5.41, 5.74) is 1.12. The largest absolute Gasteiger partial charge is 0.504 e. The fourth-order valence-corrected chi connectivity index (χ4v) is 2.32. The molecule has 0 spiro atoms. The number of methoxy groups -OCH3 is 1. The van der Waals surface area contributed by atoms with Crippen LogP contribution in [0.5, 0.6) is 11.5 Å². The van der Waals surface area contributed by atoms with Gasteiger partial charge in [-0.05, 0) is 19.1 Å². The van der Waals surface area contributed by atoms with Crippen LogP contribution < -0.4 is 10.1 Å². The van der Waals surface area contributed by atoms with E-state index in [0.717, 1.165) is 10.7 Å². The number of nitrogens with zero attached hydrogens (tertiary/aromatic N) is 1. The van der Waals surface area contributed by atoms with Crippen molar-refractivity contribution in [2.45, 2.75) is 13.5 Å². The molecule has 5 nitrogen and oxygen atoms in total. The number of aromatic nitrogens is 1. The van der Waals surface area contributed by atoms with Crippen molar-refractivity contribution < 1.29 is 14.6 Å². The van der Waals surface area contributed by atoms with Crippen LogP contribution in [0.1, 0.15) is 21.1 Å². The van der Waals surface area contributed by atoms with Crippen molar-refractivity contribution in [3.63, 3.8) is 0 Å². The van der Waals surface area contributed by atoms with E-state index < -0.39 is 0 Å². The summed E-state index contributed by atoms with van der Waals surface area (Å²) in [6.07, 6.45) is 0. The second-order valence-electron chi connectivity index (χ2n) is 3.92. The van der Waals surface area contributed by atoms with Gasteiger partial charge < -0.3 is 15.2 Å². The topological polar surface area (TPSA) is 71.5 Å². The zero-order valence-electron chi connectivity index (χ0n) is 10.6. The minimum Gasteiger partial charge on any atom is -0.504 e. The van der Waals surface area contributed by atoms with Gasteiger partial charge in [0.1, 0.15) is 5.01 Å². The van der Waals surface area contributed by atoms with Gasteiger partial charge in [-0.25, -0.2) is 4.98 Å². The maximum atomic E-state index is 12.0. The number of aryl methyl sites for hydroxylation is 1. The van der Waals surface area contributed by atoms with Gasteiger partial charge in [-0.2, -0.15) is 0 Å². The van der Waals surface area contributed by atoms with Gasteiger partial charge in [0.05, 0.1) is 19.2 Å². The van der Waals surface area contributed by atoms with Crippen LogP contribution >= 0.6 is 11.3 Å². The van der Waals surface area contributed by atoms with Crippen molar-refractivity contribution in [2.24, 2.45) is 0 Å². The molecule has 0 bridgehead atoms. The Bertz CT molecular complexity index is 595. The van der Waals surface area contributed by atoms with E-state index >= 15 is 0 Å². The highest BCUT2D eigenvalue weighted by atomic mass is 32.1. The standard InChI is InChI=1S/C13H14N2O3S/c1-8-7-19-11(15-8)6-14-13(17)9-4-3-5-10(18-2)12(9)16/h3-5,7,16H,6H2,1-2H3,(H,14,17). The molecule has 2 aromatic rings. The summed E-state index contributed by atoms with van der Waals surface area (Å²) in [5.74, 6) is -0.236. The van der Waals surface area contributed by atoms with Crippen molar-refractivity contribution >= 4 is 17.2 Å². The highest BCUT2D eigenvalue weighted by Gasteiger charge is 2.14. The quantitative estimate of drug-likeness (QED) is 0.898. The smallest absolute Gasteiger partial charge is 0.255 e. The monoisotopic (exact) mass is 278 g/mol. The number of rotatable bonds is 4. The Morgan fingerprint density at radius 1 is 1.53 bits per heavy atom. The second kappa shape index (κ2) is 5.71. The van der Waals surface area contributed by atoms with Crippen molar-refractivity contribution in [3.8, 4) is 11.5 Å². The summed E-state index contributed by atoms with van der Waals surface area (Å²) >= 11 is 1.49. The second-order valence-corrected chi connectivity index (χ2v) is 4.86. The first-order valence-electron chi connectivity index (χ1n) is 5.67. The molecule has 2 N–H and O–H groups in total. The highest BCUT2D eigenvalue weighted by Crippen LogP contribution is 2.29. The van der Waals surface area contributed by atoms with E-state index in [1.807, 2.05) is 12.3 Å². The van der Waals surface area contributed by atoms with Crippen LogP contribution in [0.25, 0.3) is 0 Å². The van der Waals surface area contributed by atoms with E-state index in [4.69, 9.17) is 4.74 Å². The number of phenolic OH excluding ortho intramolecular Hbond substituents is 1. The fourth-order valence-electron chi connectivity index (χ4n) is 1.61. The lowest BCUT2D eigenvalue weighted by Gasteiger charge is -2.08. The third kappa shape index (κ3) is 3.03. The van der Waals surface area contributed by atoms with Crippen LogP contribution in [0.15, 0.2) is 23.6 Å². The summed E-state index contributed by atoms with van der Waals surface area (Å²) in [5, 5.41) is 15.3. The Morgan fingerprint density at radius 3 is 2.95 bits per heavy atom. The summed E-state index contributed by atoms with van der Waals surface area (Å²) in [7, 11) is 1.44. The first-order valence-corrected chi connectivity index (χ1v) is 6.55. The summed E-state index contributed by atoms with van der Waals surface area (Å²) in [6, 6.07) is 4.79. The lowest BCUT2D eigenvalue weighted by atomic mass is 10.1. The zero-order valence-corrected chi connectivity index (χ0v) is 11.5. The van der Waals surface area contributed by atoms with Crippen LogP contribution in [-0.4, -0.2) is 23.1 Å². The Morgan fingerprint density at radius 2 is 2.32 bits per heavy atom. The molecule has 0 unspecified atom stereocenters. The van der Waals surface area contributed by atoms with E-state index in [1.54, 1.807) is 18.2 Å². The number of para-hydroxylation sites is 1. The molecule has 2 rings (SSSR count). The lowest BCUT2D eigenvalue weighted by Crippen LogP contribution is -2.22. The van der Waals surface area contributed by atoms with Gasteiger partial charge in [0.2, 0.25) is 0 Å². The average Bonchev–Trinajstić information content (AvgIpc) is 2.82. The van der Waals surface area contributed by atoms with Gasteiger partial charge in [0.15, 0.2) is 11.5 Å². The van der Waals surface area contributed by atoms with Gasteiger partial charge in [0.25, 0.3) is 5.91 Å². The Kier molecular flexibility index (Phi) is 4.01. The van der Waals surface area contributed by atoms with Crippen molar-refractivity contribution in [2.75, 3.05) is 7.11 Å². The maximum Gasteiger partial charge on any atom is 0.255 e. The summed E-state index contributed by atoms with van der Waals surface area (Å²) in [6.45, 7) is 2.24. The number of hydrogen-bond acceptors (Lipinski definition) is 5. The lowest BCUT2D eigenvalue weighted by molar-refractivity contribution is 0.0947. The minimum atomic E-state index is -0.357. The van der Waals surface area contributed by atoms with Crippen LogP contribution in [0.3, 0.4) is 0 Å². The number of nitrogens with one attached hydrogen (secondary N) is 1. The molecule has 1 heterocycles. The van der Waals surface area contributed by atoms with Gasteiger partial charge in [-0.1, -0.05) is 6.07 Å². The number of phenols is 1. The molecule has 0 atom stereocenters. The number of carbonyl (C=O) groups excluding carboxylic acids is 1. The number of benzene rings is 1. The van der Waals surface area contributed by atoms with Crippen molar-refractivity contribution in [3.05, 3.63) is 39.8 Å². The number of thiazole rings is 1. The van der Waals surface area contributed by atoms with E-state index in [0.29, 0.717) is 6.54 Å². The normalized spacial score (nSPS) is 10.2. The number of ether oxygens (including phenoxy) is 1. The van der Waals surface area contributed by atoms with Gasteiger partial charge in [-0.15, -0.1) is 11.3 Å². The molecule has 1 aromatic heterocycles. The van der Waals surface area contributed by atoms with E-state index in [-0.39, 0.29) is 23.0 Å². The Balaban J connectivity index is 2.08. The third-order valence-corrected chi connectivity index (χ3v) is 3.50. The summed E-state index contributed by atoms with van der Waals surface area (Å²) < 4.78 is 4.96. The van der Waals surface area contributed by atoms with E-state index in [9.17, 15) is 9.90 Å². The third-order valence-electron chi connectivity index (χ3n) is 2.53. The SMILES string of the molecule is COc1cccc(C(=O)NCc2nc(C)cs2)c1O. The molecule has 6 heteroatoms. The molecular weight excluding hydrogens is 264 g/mol. The van der Waals surface area contributed by atoms with Crippen LogP contribution in [0.2, 0.25) is 0 Å². The van der Waals surface area contributed by atoms with E-state index in [2.05, 4.69) is 10.3 Å². The number of aromatic hydroxyl groups is 1. The Hall–Kier alpha value is -2.08. The molecule has 19 heavy (non-hydrogen) atoms. The van der Waals surface area contributed by atoms with Gasteiger partial charge in [-0.3, -0.25) is 4.79 Å².